The van der Waals surface area contributed by atoms with Gasteiger partial charge in [-0.15, -0.1) is 0 Å². The number of hydrogen-bond donors (Lipinski definition) is 2. The molecule has 3 nitrogen and oxygen atoms in total. The number of halogens is 1. The van der Waals surface area contributed by atoms with Gasteiger partial charge < -0.3 is 10.6 Å². The fourth-order valence-electron chi connectivity index (χ4n) is 2.36. The van der Waals surface area contributed by atoms with Crippen LogP contribution in [-0.2, 0) is 4.79 Å². The molecule has 0 aliphatic rings. The average molecular weight is 314 g/mol. The van der Waals surface area contributed by atoms with Crippen molar-refractivity contribution in [2.45, 2.75) is 39.2 Å². The molecule has 2 aromatic rings. The van der Waals surface area contributed by atoms with Crippen molar-refractivity contribution in [1.82, 2.24) is 0 Å². The van der Waals surface area contributed by atoms with Gasteiger partial charge in [-0.1, -0.05) is 32.0 Å². The van der Waals surface area contributed by atoms with Gasteiger partial charge >= 0.3 is 0 Å². The standard InChI is InChI=1S/C19H23FN2O/c1-4-13(2)17-7-5-6-8-18(17)22-19(23)14(3)21-16-11-9-15(20)10-12-16/h5-14,21H,4H2,1-3H3,(H,22,23). The van der Waals surface area contributed by atoms with E-state index in [2.05, 4.69) is 24.5 Å². The van der Waals surface area contributed by atoms with E-state index in [0.717, 1.165) is 17.7 Å². The van der Waals surface area contributed by atoms with Gasteiger partial charge in [0.2, 0.25) is 5.91 Å². The van der Waals surface area contributed by atoms with Gasteiger partial charge in [0.25, 0.3) is 0 Å². The fraction of sp³-hybridized carbons (Fsp3) is 0.316. The van der Waals surface area contributed by atoms with E-state index in [-0.39, 0.29) is 11.7 Å². The van der Waals surface area contributed by atoms with Crippen molar-refractivity contribution < 1.29 is 9.18 Å². The van der Waals surface area contributed by atoms with Gasteiger partial charge in [0.1, 0.15) is 11.9 Å². The average Bonchev–Trinajstić information content (AvgIpc) is 2.56. The van der Waals surface area contributed by atoms with Crippen molar-refractivity contribution in [2.24, 2.45) is 0 Å². The Bertz CT molecular complexity index is 655. The summed E-state index contributed by atoms with van der Waals surface area (Å²) in [5, 5.41) is 6.05. The molecular formula is C19H23FN2O. The Morgan fingerprint density at radius 1 is 1.09 bits per heavy atom. The van der Waals surface area contributed by atoms with Crippen LogP contribution in [0.2, 0.25) is 0 Å². The van der Waals surface area contributed by atoms with E-state index in [1.54, 1.807) is 19.1 Å². The molecule has 0 fully saturated rings. The monoisotopic (exact) mass is 314 g/mol. The molecule has 122 valence electrons. The highest BCUT2D eigenvalue weighted by Gasteiger charge is 2.16. The largest absolute Gasteiger partial charge is 0.374 e. The highest BCUT2D eigenvalue weighted by atomic mass is 19.1. The molecule has 1 amide bonds. The first-order valence-corrected chi connectivity index (χ1v) is 7.93. The molecule has 2 rings (SSSR count). The first-order chi connectivity index (χ1) is 11.0. The van der Waals surface area contributed by atoms with Crippen LogP contribution in [0.25, 0.3) is 0 Å². The SMILES string of the molecule is CCC(C)c1ccccc1NC(=O)C(C)Nc1ccc(F)cc1. The van der Waals surface area contributed by atoms with Gasteiger partial charge in [-0.25, -0.2) is 4.39 Å². The number of para-hydroxylation sites is 1. The lowest BCUT2D eigenvalue weighted by Crippen LogP contribution is -2.32. The summed E-state index contributed by atoms with van der Waals surface area (Å²) in [6.07, 6.45) is 1.01. The summed E-state index contributed by atoms with van der Waals surface area (Å²) >= 11 is 0. The van der Waals surface area contributed by atoms with Crippen LogP contribution in [0.15, 0.2) is 48.5 Å². The summed E-state index contributed by atoms with van der Waals surface area (Å²) in [7, 11) is 0. The first-order valence-electron chi connectivity index (χ1n) is 7.93. The first kappa shape index (κ1) is 17.0. The quantitative estimate of drug-likeness (QED) is 0.805. The highest BCUT2D eigenvalue weighted by Crippen LogP contribution is 2.26. The molecule has 0 aliphatic heterocycles. The Hall–Kier alpha value is -2.36. The number of carbonyl (C=O) groups excluding carboxylic acids is 1. The lowest BCUT2D eigenvalue weighted by atomic mass is 9.97. The molecule has 0 radical (unpaired) electrons. The molecule has 2 unspecified atom stereocenters. The number of nitrogens with one attached hydrogen (secondary N) is 2. The van der Waals surface area contributed by atoms with E-state index in [1.807, 2.05) is 24.3 Å². The summed E-state index contributed by atoms with van der Waals surface area (Å²) < 4.78 is 12.9. The van der Waals surface area contributed by atoms with Crippen LogP contribution in [0, 0.1) is 5.82 Å². The minimum absolute atomic E-state index is 0.120. The Kier molecular flexibility index (Phi) is 5.74. The molecule has 4 heteroatoms. The van der Waals surface area contributed by atoms with Crippen LogP contribution >= 0.6 is 0 Å². The molecule has 0 heterocycles. The molecule has 2 atom stereocenters. The van der Waals surface area contributed by atoms with Gasteiger partial charge in [0.15, 0.2) is 0 Å². The van der Waals surface area contributed by atoms with Gasteiger partial charge in [0.05, 0.1) is 0 Å². The topological polar surface area (TPSA) is 41.1 Å². The third kappa shape index (κ3) is 4.55. The molecule has 2 aromatic carbocycles. The second-order valence-corrected chi connectivity index (χ2v) is 5.76. The summed E-state index contributed by atoms with van der Waals surface area (Å²) in [6.45, 7) is 6.05. The fourth-order valence-corrected chi connectivity index (χ4v) is 2.36. The van der Waals surface area contributed by atoms with E-state index >= 15 is 0 Å². The maximum absolute atomic E-state index is 12.9. The van der Waals surface area contributed by atoms with Crippen molar-refractivity contribution in [3.05, 3.63) is 59.9 Å². The normalized spacial score (nSPS) is 13.2. The number of amides is 1. The van der Waals surface area contributed by atoms with Crippen molar-refractivity contribution in [2.75, 3.05) is 10.6 Å². The smallest absolute Gasteiger partial charge is 0.246 e. The molecule has 0 aromatic heterocycles. The number of anilines is 2. The number of benzene rings is 2. The van der Waals surface area contributed by atoms with Crippen LogP contribution in [0.1, 0.15) is 38.7 Å². The Morgan fingerprint density at radius 2 is 1.74 bits per heavy atom. The molecule has 23 heavy (non-hydrogen) atoms. The Morgan fingerprint density at radius 3 is 2.39 bits per heavy atom. The number of carbonyl (C=O) groups is 1. The highest BCUT2D eigenvalue weighted by molar-refractivity contribution is 5.96. The molecular weight excluding hydrogens is 291 g/mol. The van der Waals surface area contributed by atoms with Crippen LogP contribution in [-0.4, -0.2) is 11.9 Å². The van der Waals surface area contributed by atoms with E-state index in [9.17, 15) is 9.18 Å². The van der Waals surface area contributed by atoms with E-state index in [1.165, 1.54) is 12.1 Å². The van der Waals surface area contributed by atoms with Gasteiger partial charge in [0, 0.05) is 11.4 Å². The summed E-state index contributed by atoms with van der Waals surface area (Å²) in [6, 6.07) is 13.4. The maximum atomic E-state index is 12.9. The van der Waals surface area contributed by atoms with Crippen LogP contribution in [0.3, 0.4) is 0 Å². The maximum Gasteiger partial charge on any atom is 0.246 e. The second-order valence-electron chi connectivity index (χ2n) is 5.76. The third-order valence-electron chi connectivity index (χ3n) is 3.98. The molecule has 0 saturated heterocycles. The number of rotatable bonds is 6. The lowest BCUT2D eigenvalue weighted by Gasteiger charge is -2.19. The van der Waals surface area contributed by atoms with Crippen molar-refractivity contribution >= 4 is 17.3 Å². The summed E-state index contributed by atoms with van der Waals surface area (Å²) in [5.41, 5.74) is 2.70. The lowest BCUT2D eigenvalue weighted by molar-refractivity contribution is -0.116. The molecule has 0 spiro atoms. The van der Waals surface area contributed by atoms with Gasteiger partial charge in [-0.05, 0) is 55.2 Å². The second kappa shape index (κ2) is 7.77. The minimum atomic E-state index is -0.426. The van der Waals surface area contributed by atoms with E-state index in [0.29, 0.717) is 11.6 Å². The predicted octanol–water partition coefficient (Wildman–Crippen LogP) is 4.78. The van der Waals surface area contributed by atoms with Crippen LogP contribution in [0.4, 0.5) is 15.8 Å². The zero-order valence-corrected chi connectivity index (χ0v) is 13.8. The van der Waals surface area contributed by atoms with E-state index < -0.39 is 6.04 Å². The van der Waals surface area contributed by atoms with Crippen LogP contribution in [0.5, 0.6) is 0 Å². The van der Waals surface area contributed by atoms with Crippen molar-refractivity contribution in [1.29, 1.82) is 0 Å². The molecule has 0 bridgehead atoms. The molecule has 0 aliphatic carbocycles. The molecule has 2 N–H and O–H groups in total. The number of hydrogen-bond acceptors (Lipinski definition) is 2. The summed E-state index contributed by atoms with van der Waals surface area (Å²) in [5.74, 6) is -0.0351. The minimum Gasteiger partial charge on any atom is -0.374 e. The Labute approximate surface area is 136 Å². The van der Waals surface area contributed by atoms with Crippen molar-refractivity contribution in [3.63, 3.8) is 0 Å². The predicted molar refractivity (Wildman–Crippen MR) is 93.3 cm³/mol. The van der Waals surface area contributed by atoms with Gasteiger partial charge in [-0.3, -0.25) is 4.79 Å². The Balaban J connectivity index is 2.05. The summed E-state index contributed by atoms with van der Waals surface area (Å²) in [4.78, 5) is 12.4. The van der Waals surface area contributed by atoms with E-state index in [4.69, 9.17) is 0 Å². The van der Waals surface area contributed by atoms with Gasteiger partial charge in [-0.2, -0.15) is 0 Å². The third-order valence-corrected chi connectivity index (χ3v) is 3.98. The van der Waals surface area contributed by atoms with Crippen molar-refractivity contribution in [3.8, 4) is 0 Å². The molecule has 0 saturated carbocycles. The zero-order valence-electron chi connectivity index (χ0n) is 13.8. The van der Waals surface area contributed by atoms with Crippen LogP contribution < -0.4 is 10.6 Å². The zero-order chi connectivity index (χ0) is 16.8.